The summed E-state index contributed by atoms with van der Waals surface area (Å²) in [6, 6.07) is -0.668. The molecule has 0 aromatic rings. The summed E-state index contributed by atoms with van der Waals surface area (Å²) in [5.74, 6) is 0. The van der Waals surface area contributed by atoms with E-state index in [4.69, 9.17) is 18.9 Å². The van der Waals surface area contributed by atoms with Crippen molar-refractivity contribution in [2.24, 2.45) is 0 Å². The zero-order valence-corrected chi connectivity index (χ0v) is 10.3. The first-order valence-corrected chi connectivity index (χ1v) is 5.31. The van der Waals surface area contributed by atoms with E-state index in [9.17, 15) is 0 Å². The molecule has 1 fully saturated rings. The van der Waals surface area contributed by atoms with Crippen LogP contribution in [0.5, 0.6) is 0 Å². The molecule has 0 unspecified atom stereocenters. The highest BCUT2D eigenvalue weighted by Gasteiger charge is 2.53. The van der Waals surface area contributed by atoms with E-state index in [1.807, 2.05) is 0 Å². The van der Waals surface area contributed by atoms with Gasteiger partial charge in [0.2, 0.25) is 0 Å². The number of hydrogen-bond donors (Lipinski definition) is 0. The lowest BCUT2D eigenvalue weighted by Gasteiger charge is -2.32. The van der Waals surface area contributed by atoms with Crippen LogP contribution in [0.2, 0.25) is 0 Å². The normalized spacial score (nSPS) is 44.7. The molecule has 90 valence electrons. The van der Waals surface area contributed by atoms with Gasteiger partial charge in [-0.2, -0.15) is 0 Å². The number of hydrogen-bond acceptors (Lipinski definition) is 3. The van der Waals surface area contributed by atoms with Gasteiger partial charge in [0.1, 0.15) is 0 Å². The van der Waals surface area contributed by atoms with E-state index in [-0.39, 0.29) is 5.60 Å². The van der Waals surface area contributed by atoms with Crippen LogP contribution >= 0.6 is 0 Å². The molecule has 4 heteroatoms. The third kappa shape index (κ3) is 1.89. The Morgan fingerprint density at radius 2 is 1.94 bits per heavy atom. The minimum Gasteiger partial charge on any atom is -0.398 e. The van der Waals surface area contributed by atoms with E-state index < -0.39 is 43.6 Å². The highest BCUT2D eigenvalue weighted by Crippen LogP contribution is 2.39. The van der Waals surface area contributed by atoms with Gasteiger partial charge in [0, 0.05) is 27.4 Å². The standard InChI is InChI=1S/C12H22BNO2/c1-11(2)12(3,4)16-13(15-11)10-8-6-7-9-14(10)5/h8H,6-7,9H2,1-5H3/i6D2,7D2,8D,9D2. The van der Waals surface area contributed by atoms with Gasteiger partial charge in [0.15, 0.2) is 0 Å². The molecular formula is C12H22BNO2. The Morgan fingerprint density at radius 1 is 1.38 bits per heavy atom. The smallest absolute Gasteiger partial charge is 0.398 e. The molecule has 16 heavy (non-hydrogen) atoms. The van der Waals surface area contributed by atoms with Crippen LogP contribution in [0.15, 0.2) is 11.6 Å². The molecule has 0 atom stereocenters. The third-order valence-electron chi connectivity index (χ3n) is 3.31. The van der Waals surface area contributed by atoms with Gasteiger partial charge in [-0.15, -0.1) is 0 Å². The Balaban J connectivity index is 2.59. The number of allylic oxidation sites excluding steroid dienone is 1. The van der Waals surface area contributed by atoms with Crippen molar-refractivity contribution in [1.82, 2.24) is 4.90 Å². The zero-order valence-electron chi connectivity index (χ0n) is 17.3. The maximum absolute atomic E-state index is 8.11. The van der Waals surface area contributed by atoms with E-state index in [1.54, 1.807) is 27.7 Å². The average Bonchev–Trinajstić information content (AvgIpc) is 2.56. The van der Waals surface area contributed by atoms with Crippen molar-refractivity contribution in [3.63, 3.8) is 0 Å². The molecule has 2 aliphatic rings. The van der Waals surface area contributed by atoms with E-state index in [2.05, 4.69) is 0 Å². The first-order valence-electron chi connectivity index (χ1n) is 8.81. The summed E-state index contributed by atoms with van der Waals surface area (Å²) in [6.45, 7) is 4.51. The Kier molecular flexibility index (Phi) is 1.40. The fraction of sp³-hybridized carbons (Fsp3) is 0.833. The summed E-state index contributed by atoms with van der Waals surface area (Å²) in [7, 11) is 0.140. The first kappa shape index (κ1) is 5.92. The molecule has 0 aromatic carbocycles. The molecule has 1 saturated heterocycles. The van der Waals surface area contributed by atoms with Gasteiger partial charge < -0.3 is 14.2 Å². The van der Waals surface area contributed by atoms with Crippen LogP contribution in [0.25, 0.3) is 0 Å². The monoisotopic (exact) mass is 230 g/mol. The fourth-order valence-electron chi connectivity index (χ4n) is 1.52. The van der Waals surface area contributed by atoms with Crippen LogP contribution in [0.4, 0.5) is 0 Å². The van der Waals surface area contributed by atoms with Crippen molar-refractivity contribution < 1.29 is 18.9 Å². The van der Waals surface area contributed by atoms with E-state index in [0.29, 0.717) is 0 Å². The summed E-state index contributed by atoms with van der Waals surface area (Å²) in [5.41, 5.74) is -1.60. The second kappa shape index (κ2) is 3.78. The summed E-state index contributed by atoms with van der Waals surface area (Å²) < 4.78 is 67.3. The second-order valence-electron chi connectivity index (χ2n) is 5.02. The lowest BCUT2D eigenvalue weighted by molar-refractivity contribution is 0.00578. The minimum absolute atomic E-state index is 0.131. The van der Waals surface area contributed by atoms with Crippen LogP contribution in [-0.2, 0) is 9.31 Å². The summed E-state index contributed by atoms with van der Waals surface area (Å²) in [6.07, 6.45) is -5.72. The van der Waals surface area contributed by atoms with Crippen LogP contribution < -0.4 is 0 Å². The van der Waals surface area contributed by atoms with Crippen molar-refractivity contribution in [1.29, 1.82) is 0 Å². The van der Waals surface area contributed by atoms with Gasteiger partial charge in [0.05, 0.1) is 12.6 Å². The number of nitrogens with zero attached hydrogens (tertiary/aromatic N) is 1. The third-order valence-corrected chi connectivity index (χ3v) is 3.31. The zero-order chi connectivity index (χ0) is 18.2. The van der Waals surface area contributed by atoms with Crippen molar-refractivity contribution in [3.8, 4) is 0 Å². The van der Waals surface area contributed by atoms with Gasteiger partial charge in [0.25, 0.3) is 0 Å². The maximum atomic E-state index is 8.11. The molecule has 2 heterocycles. The molecule has 0 bridgehead atoms. The summed E-state index contributed by atoms with van der Waals surface area (Å²) in [5, 5.41) is 0. The molecule has 0 radical (unpaired) electrons. The summed E-state index contributed by atoms with van der Waals surface area (Å²) in [4.78, 5) is 0.915. The molecular weight excluding hydrogens is 201 g/mol. The van der Waals surface area contributed by atoms with Gasteiger partial charge in [-0.05, 0) is 40.4 Å². The van der Waals surface area contributed by atoms with Gasteiger partial charge in [-0.25, -0.2) is 0 Å². The average molecular weight is 230 g/mol. The SMILES string of the molecule is [2H]C1=C(B2OC(C)(C)C(C)(C)O2)N(C)C([2H])([2H])C([2H])([2H])C1([2H])[2H]. The lowest BCUT2D eigenvalue weighted by atomic mass is 9.81. The Bertz CT molecular complexity index is 546. The van der Waals surface area contributed by atoms with Gasteiger partial charge in [-0.3, -0.25) is 0 Å². The van der Waals surface area contributed by atoms with Gasteiger partial charge in [-0.1, -0.05) is 6.05 Å². The minimum atomic E-state index is -2.90. The Hall–Kier alpha value is -0.475. The van der Waals surface area contributed by atoms with Crippen molar-refractivity contribution >= 4 is 7.12 Å². The Labute approximate surface area is 109 Å². The van der Waals surface area contributed by atoms with E-state index in [1.165, 1.54) is 7.05 Å². The molecule has 0 amide bonds. The van der Waals surface area contributed by atoms with E-state index in [0.717, 1.165) is 4.90 Å². The maximum Gasteiger partial charge on any atom is 0.511 e. The highest BCUT2D eigenvalue weighted by atomic mass is 16.7. The van der Waals surface area contributed by atoms with Crippen LogP contribution in [0.1, 0.15) is 50.0 Å². The Morgan fingerprint density at radius 3 is 2.50 bits per heavy atom. The summed E-state index contributed by atoms with van der Waals surface area (Å²) >= 11 is 0. The molecule has 0 saturated carbocycles. The second-order valence-corrected chi connectivity index (χ2v) is 5.02. The predicted molar refractivity (Wildman–Crippen MR) is 66.0 cm³/mol. The molecule has 0 spiro atoms. The molecule has 0 aliphatic carbocycles. The number of rotatable bonds is 1. The van der Waals surface area contributed by atoms with E-state index >= 15 is 0 Å². The lowest BCUT2D eigenvalue weighted by Crippen LogP contribution is -2.41. The predicted octanol–water partition coefficient (Wildman–Crippen LogP) is 2.23. The fourth-order valence-corrected chi connectivity index (χ4v) is 1.52. The molecule has 0 N–H and O–H groups in total. The molecule has 0 aromatic heterocycles. The van der Waals surface area contributed by atoms with Crippen LogP contribution in [0, 0.1) is 0 Å². The molecule has 2 aliphatic heterocycles. The van der Waals surface area contributed by atoms with Crippen LogP contribution in [-0.4, -0.2) is 36.8 Å². The highest BCUT2D eigenvalue weighted by molar-refractivity contribution is 6.54. The molecule has 2 rings (SSSR count). The quantitative estimate of drug-likeness (QED) is 0.645. The van der Waals surface area contributed by atoms with Crippen molar-refractivity contribution in [3.05, 3.63) is 11.6 Å². The van der Waals surface area contributed by atoms with Gasteiger partial charge >= 0.3 is 7.12 Å². The van der Waals surface area contributed by atoms with Crippen molar-refractivity contribution in [2.75, 3.05) is 13.5 Å². The first-order chi connectivity index (χ1) is 10.0. The topological polar surface area (TPSA) is 21.7 Å². The molecule has 3 nitrogen and oxygen atoms in total. The van der Waals surface area contributed by atoms with Crippen molar-refractivity contribution in [2.45, 2.75) is 51.6 Å². The van der Waals surface area contributed by atoms with Crippen LogP contribution in [0.3, 0.4) is 0 Å². The largest absolute Gasteiger partial charge is 0.511 e.